The van der Waals surface area contributed by atoms with Gasteiger partial charge >= 0.3 is 6.61 Å². The Morgan fingerprint density at radius 3 is 2.56 bits per heavy atom. The second-order valence-corrected chi connectivity index (χ2v) is 3.72. The number of phenols is 1. The Morgan fingerprint density at radius 1 is 1.22 bits per heavy atom. The lowest BCUT2D eigenvalue weighted by Gasteiger charge is -2.06. The third kappa shape index (κ3) is 2.84. The molecule has 1 N–H and O–H groups in total. The molecule has 94 valence electrons. The van der Waals surface area contributed by atoms with E-state index in [2.05, 4.69) is 14.7 Å². The number of ether oxygens (including phenoxy) is 1. The van der Waals surface area contributed by atoms with Crippen LogP contribution in [0.4, 0.5) is 8.78 Å². The molecule has 0 bridgehead atoms. The molecule has 0 saturated carbocycles. The maximum Gasteiger partial charge on any atom is 0.388 e. The Bertz CT molecular complexity index is 549. The average Bonchev–Trinajstić information content (AvgIpc) is 2.30. The first-order chi connectivity index (χ1) is 8.56. The third-order valence-corrected chi connectivity index (χ3v) is 2.31. The van der Waals surface area contributed by atoms with Gasteiger partial charge in [-0.2, -0.15) is 8.78 Å². The Morgan fingerprint density at radius 2 is 2.00 bits per heavy atom. The fourth-order valence-corrected chi connectivity index (χ4v) is 1.50. The van der Waals surface area contributed by atoms with Gasteiger partial charge < -0.3 is 9.84 Å². The van der Waals surface area contributed by atoms with Crippen LogP contribution < -0.4 is 4.74 Å². The Kier molecular flexibility index (Phi) is 3.57. The molecule has 1 aromatic carbocycles. The minimum absolute atomic E-state index is 0.0701. The largest absolute Gasteiger partial charge is 0.507 e. The van der Waals surface area contributed by atoms with Crippen molar-refractivity contribution in [3.8, 4) is 22.9 Å². The number of benzene rings is 1. The lowest BCUT2D eigenvalue weighted by molar-refractivity contribution is -0.0530. The van der Waals surface area contributed by atoms with Gasteiger partial charge in [0.1, 0.15) is 5.75 Å². The van der Waals surface area contributed by atoms with Crippen LogP contribution in [0.15, 0.2) is 30.6 Å². The van der Waals surface area contributed by atoms with Gasteiger partial charge in [-0.3, -0.25) is 0 Å². The Labute approximate surface area is 106 Å². The molecular weight excluding hydrogens is 266 g/mol. The molecule has 0 amide bonds. The average molecular weight is 273 g/mol. The molecule has 7 heteroatoms. The standard InChI is InChI=1S/C11H7ClF2N2O2/c12-6-1-2-7(9(17)3-6)8-4-16-10(5-15-8)18-11(13)14/h1-5,11,17H. The summed E-state index contributed by atoms with van der Waals surface area (Å²) in [6, 6.07) is 4.47. The first-order valence-corrected chi connectivity index (χ1v) is 5.20. The van der Waals surface area contributed by atoms with Gasteiger partial charge in [0.25, 0.3) is 0 Å². The summed E-state index contributed by atoms with van der Waals surface area (Å²) in [5.41, 5.74) is 0.723. The molecule has 0 saturated heterocycles. The SMILES string of the molecule is Oc1cc(Cl)ccc1-c1cnc(OC(F)F)cn1. The van der Waals surface area contributed by atoms with E-state index in [0.29, 0.717) is 16.3 Å². The monoisotopic (exact) mass is 272 g/mol. The molecule has 2 rings (SSSR count). The third-order valence-electron chi connectivity index (χ3n) is 2.07. The van der Waals surface area contributed by atoms with E-state index in [9.17, 15) is 13.9 Å². The lowest BCUT2D eigenvalue weighted by Crippen LogP contribution is -2.03. The van der Waals surface area contributed by atoms with Gasteiger partial charge in [0.2, 0.25) is 5.88 Å². The van der Waals surface area contributed by atoms with Crippen molar-refractivity contribution >= 4 is 11.6 Å². The van der Waals surface area contributed by atoms with Crippen molar-refractivity contribution in [1.82, 2.24) is 9.97 Å². The van der Waals surface area contributed by atoms with Crippen molar-refractivity contribution in [3.63, 3.8) is 0 Å². The van der Waals surface area contributed by atoms with Crippen LogP contribution in [0.1, 0.15) is 0 Å². The second kappa shape index (κ2) is 5.14. The number of alkyl halides is 2. The van der Waals surface area contributed by atoms with E-state index in [1.54, 1.807) is 12.1 Å². The topological polar surface area (TPSA) is 55.2 Å². The fourth-order valence-electron chi connectivity index (χ4n) is 1.33. The van der Waals surface area contributed by atoms with E-state index < -0.39 is 6.61 Å². The summed E-state index contributed by atoms with van der Waals surface area (Å²) in [7, 11) is 0. The summed E-state index contributed by atoms with van der Waals surface area (Å²) < 4.78 is 27.9. The van der Waals surface area contributed by atoms with Gasteiger partial charge in [0, 0.05) is 10.6 Å². The summed E-state index contributed by atoms with van der Waals surface area (Å²) in [4.78, 5) is 7.52. The molecule has 1 aromatic heterocycles. The van der Waals surface area contributed by atoms with E-state index >= 15 is 0 Å². The number of halogens is 3. The number of rotatable bonds is 3. The quantitative estimate of drug-likeness (QED) is 0.933. The van der Waals surface area contributed by atoms with Crippen LogP contribution in [0.25, 0.3) is 11.3 Å². The Hall–Kier alpha value is -1.95. The summed E-state index contributed by atoms with van der Waals surface area (Å²) in [5.74, 6) is -0.360. The zero-order valence-electron chi connectivity index (χ0n) is 8.85. The van der Waals surface area contributed by atoms with E-state index in [4.69, 9.17) is 11.6 Å². The van der Waals surface area contributed by atoms with Crippen molar-refractivity contribution in [2.24, 2.45) is 0 Å². The van der Waals surface area contributed by atoms with Gasteiger partial charge in [0.05, 0.1) is 18.1 Å². The zero-order valence-corrected chi connectivity index (χ0v) is 9.60. The van der Waals surface area contributed by atoms with Crippen LogP contribution in [0.3, 0.4) is 0 Å². The molecule has 0 aliphatic rings. The second-order valence-electron chi connectivity index (χ2n) is 3.28. The molecule has 0 radical (unpaired) electrons. The number of aromatic hydroxyl groups is 1. The number of aromatic nitrogens is 2. The molecule has 1 heterocycles. The van der Waals surface area contributed by atoms with Crippen LogP contribution in [0.5, 0.6) is 11.6 Å². The molecule has 0 fully saturated rings. The van der Waals surface area contributed by atoms with Crippen LogP contribution in [-0.2, 0) is 0 Å². The highest BCUT2D eigenvalue weighted by molar-refractivity contribution is 6.30. The van der Waals surface area contributed by atoms with Crippen LogP contribution >= 0.6 is 11.6 Å². The first-order valence-electron chi connectivity index (χ1n) is 4.82. The zero-order chi connectivity index (χ0) is 13.1. The molecular formula is C11H7ClF2N2O2. The van der Waals surface area contributed by atoms with E-state index in [-0.39, 0.29) is 11.6 Å². The molecule has 4 nitrogen and oxygen atoms in total. The maximum absolute atomic E-state index is 11.9. The summed E-state index contributed by atoms with van der Waals surface area (Å²) >= 11 is 5.69. The molecule has 0 aliphatic heterocycles. The van der Waals surface area contributed by atoms with Crippen molar-refractivity contribution in [2.45, 2.75) is 6.61 Å². The molecule has 0 spiro atoms. The van der Waals surface area contributed by atoms with E-state index in [0.717, 1.165) is 6.20 Å². The van der Waals surface area contributed by atoms with Crippen LogP contribution in [0, 0.1) is 0 Å². The van der Waals surface area contributed by atoms with Gasteiger partial charge in [0.15, 0.2) is 0 Å². The number of nitrogens with zero attached hydrogens (tertiary/aromatic N) is 2. The van der Waals surface area contributed by atoms with Crippen molar-refractivity contribution < 1.29 is 18.6 Å². The highest BCUT2D eigenvalue weighted by Gasteiger charge is 2.09. The highest BCUT2D eigenvalue weighted by Crippen LogP contribution is 2.30. The summed E-state index contributed by atoms with van der Waals surface area (Å²) in [6.45, 7) is -2.95. The maximum atomic E-state index is 11.9. The minimum atomic E-state index is -2.95. The fraction of sp³-hybridized carbons (Fsp3) is 0.0909. The predicted octanol–water partition coefficient (Wildman–Crippen LogP) is 3.10. The lowest BCUT2D eigenvalue weighted by atomic mass is 10.1. The molecule has 18 heavy (non-hydrogen) atoms. The number of phenolic OH excluding ortho intramolecular Hbond substituents is 1. The van der Waals surface area contributed by atoms with Gasteiger partial charge in [-0.1, -0.05) is 11.6 Å². The van der Waals surface area contributed by atoms with Crippen molar-refractivity contribution in [2.75, 3.05) is 0 Å². The summed E-state index contributed by atoms with van der Waals surface area (Å²) in [5, 5.41) is 10.0. The molecule has 0 unspecified atom stereocenters. The van der Waals surface area contributed by atoms with Crippen molar-refractivity contribution in [1.29, 1.82) is 0 Å². The van der Waals surface area contributed by atoms with Gasteiger partial charge in [-0.25, -0.2) is 9.97 Å². The van der Waals surface area contributed by atoms with Gasteiger partial charge in [-0.05, 0) is 18.2 Å². The van der Waals surface area contributed by atoms with Crippen molar-refractivity contribution in [3.05, 3.63) is 35.6 Å². The number of hydrogen-bond acceptors (Lipinski definition) is 4. The van der Waals surface area contributed by atoms with Crippen LogP contribution in [-0.4, -0.2) is 21.7 Å². The number of hydrogen-bond donors (Lipinski definition) is 1. The molecule has 0 atom stereocenters. The highest BCUT2D eigenvalue weighted by atomic mass is 35.5. The van der Waals surface area contributed by atoms with Gasteiger partial charge in [-0.15, -0.1) is 0 Å². The molecule has 2 aromatic rings. The predicted molar refractivity (Wildman–Crippen MR) is 60.8 cm³/mol. The van der Waals surface area contributed by atoms with E-state index in [1.165, 1.54) is 12.3 Å². The normalized spacial score (nSPS) is 10.7. The Balaban J connectivity index is 2.28. The minimum Gasteiger partial charge on any atom is -0.507 e. The molecule has 0 aliphatic carbocycles. The first kappa shape index (κ1) is 12.5. The smallest absolute Gasteiger partial charge is 0.388 e. The van der Waals surface area contributed by atoms with E-state index in [1.807, 2.05) is 0 Å². The summed E-state index contributed by atoms with van der Waals surface area (Å²) in [6.07, 6.45) is 2.27. The van der Waals surface area contributed by atoms with Crippen LogP contribution in [0.2, 0.25) is 5.02 Å².